The molecule has 0 unspecified atom stereocenters. The Morgan fingerprint density at radius 3 is 1.06 bits per heavy atom. The van der Waals surface area contributed by atoms with Crippen molar-refractivity contribution in [1.29, 1.82) is 0 Å². The number of hydrogen-bond donors (Lipinski definition) is 0. The molecule has 0 radical (unpaired) electrons. The molecule has 0 spiro atoms. The van der Waals surface area contributed by atoms with Gasteiger partial charge in [-0.3, -0.25) is 4.99 Å². The number of rotatable bonds is 31. The van der Waals surface area contributed by atoms with Gasteiger partial charge < -0.3 is 0 Å². The van der Waals surface area contributed by atoms with Crippen LogP contribution in [0.25, 0.3) is 0 Å². The number of aliphatic imine (C=N–C) groups is 2. The highest BCUT2D eigenvalue weighted by Gasteiger charge is 2.07. The van der Waals surface area contributed by atoms with Gasteiger partial charge in [0.25, 0.3) is 0 Å². The van der Waals surface area contributed by atoms with Crippen LogP contribution in [0.4, 0.5) is 11.4 Å². The second kappa shape index (κ2) is 30.0. The quantitative estimate of drug-likeness (QED) is 0.0554. The Kier molecular flexibility index (Phi) is 26.3. The molecule has 0 heterocycles. The van der Waals surface area contributed by atoms with Crippen molar-refractivity contribution in [2.45, 2.75) is 215 Å². The fourth-order valence-electron chi connectivity index (χ4n) is 7.44. The highest BCUT2D eigenvalue weighted by molar-refractivity contribution is 6.47. The van der Waals surface area contributed by atoms with E-state index in [1.165, 1.54) is 183 Å². The third kappa shape index (κ3) is 23.7. The minimum absolute atomic E-state index is 0.848. The summed E-state index contributed by atoms with van der Waals surface area (Å²) in [5.74, 6) is 0. The van der Waals surface area contributed by atoms with Crippen LogP contribution in [0.15, 0.2) is 58.5 Å². The molecule has 2 nitrogen and oxygen atoms in total. The molecule has 2 rings (SSSR count). The number of unbranched alkanes of at least 4 members (excludes halogenated alkanes) is 25. The molecule has 0 aromatic heterocycles. The number of allylic oxidation sites excluding steroid dienone is 2. The molecule has 2 aromatic rings. The standard InChI is InChI=1S/C49H80N2/c1-7-9-10-11-12-13-14-15-16-17-18-19-20-21-22-23-24-25-26-27-28-29-30-31-32-33-34-35-49(51-47-40-44(5)37-45(6)41-47)48(8-2)50-46-38-42(3)36-43(4)39-46/h34-41H,7-33H2,1-6H3. The molecule has 2 heteroatoms. The summed E-state index contributed by atoms with van der Waals surface area (Å²) >= 11 is 0. The zero-order valence-electron chi connectivity index (χ0n) is 34.6. The van der Waals surface area contributed by atoms with E-state index in [0.717, 1.165) is 35.6 Å². The van der Waals surface area contributed by atoms with Gasteiger partial charge in [0.2, 0.25) is 0 Å². The number of nitrogens with zero attached hydrogens (tertiary/aromatic N) is 2. The normalized spacial score (nSPS) is 12.4. The van der Waals surface area contributed by atoms with E-state index >= 15 is 0 Å². The van der Waals surface area contributed by atoms with Crippen LogP contribution in [-0.4, -0.2) is 11.4 Å². The van der Waals surface area contributed by atoms with E-state index in [-0.39, 0.29) is 0 Å². The number of aryl methyl sites for hydroxylation is 4. The molecular weight excluding hydrogens is 617 g/mol. The van der Waals surface area contributed by atoms with Crippen molar-refractivity contribution >= 4 is 22.8 Å². The Hall–Kier alpha value is -2.48. The zero-order chi connectivity index (χ0) is 36.8. The number of benzene rings is 2. The first kappa shape index (κ1) is 44.7. The molecule has 0 N–H and O–H groups in total. The molecular formula is C49H80N2. The van der Waals surface area contributed by atoms with Crippen LogP contribution in [-0.2, 0) is 0 Å². The van der Waals surface area contributed by atoms with Crippen molar-refractivity contribution in [2.24, 2.45) is 9.98 Å². The Morgan fingerprint density at radius 2 is 0.725 bits per heavy atom. The summed E-state index contributed by atoms with van der Waals surface area (Å²) in [5.41, 5.74) is 9.06. The maximum Gasteiger partial charge on any atom is 0.0848 e. The molecule has 0 aliphatic heterocycles. The van der Waals surface area contributed by atoms with Crippen LogP contribution >= 0.6 is 0 Å². The summed E-state index contributed by atoms with van der Waals surface area (Å²) in [6.07, 6.45) is 42.4. The van der Waals surface area contributed by atoms with Crippen LogP contribution in [0.1, 0.15) is 209 Å². The van der Waals surface area contributed by atoms with Gasteiger partial charge in [-0.1, -0.05) is 186 Å². The molecule has 0 atom stereocenters. The van der Waals surface area contributed by atoms with Crippen LogP contribution in [0.2, 0.25) is 0 Å². The maximum atomic E-state index is 5.13. The molecule has 51 heavy (non-hydrogen) atoms. The van der Waals surface area contributed by atoms with Crippen molar-refractivity contribution in [3.8, 4) is 0 Å². The highest BCUT2D eigenvalue weighted by atomic mass is 14.8. The summed E-state index contributed by atoms with van der Waals surface area (Å²) in [6, 6.07) is 13.1. The van der Waals surface area contributed by atoms with E-state index in [9.17, 15) is 0 Å². The first-order valence-corrected chi connectivity index (χ1v) is 21.9. The fourth-order valence-corrected chi connectivity index (χ4v) is 7.44. The lowest BCUT2D eigenvalue weighted by molar-refractivity contribution is 0.516. The minimum Gasteiger partial charge on any atom is -0.251 e. The van der Waals surface area contributed by atoms with Crippen molar-refractivity contribution in [3.05, 3.63) is 70.8 Å². The van der Waals surface area contributed by atoms with Gasteiger partial charge in [-0.2, -0.15) is 0 Å². The molecule has 0 saturated carbocycles. The first-order valence-electron chi connectivity index (χ1n) is 21.9. The molecule has 2 aromatic carbocycles. The first-order chi connectivity index (χ1) is 24.9. The van der Waals surface area contributed by atoms with Gasteiger partial charge >= 0.3 is 0 Å². The molecule has 0 aliphatic rings. The Balaban J connectivity index is 1.53. The van der Waals surface area contributed by atoms with Crippen molar-refractivity contribution < 1.29 is 0 Å². The van der Waals surface area contributed by atoms with Crippen LogP contribution in [0.5, 0.6) is 0 Å². The topological polar surface area (TPSA) is 24.7 Å². The predicted octanol–water partition coefficient (Wildman–Crippen LogP) is 16.9. The van der Waals surface area contributed by atoms with E-state index in [4.69, 9.17) is 9.98 Å². The second-order valence-electron chi connectivity index (χ2n) is 15.8. The van der Waals surface area contributed by atoms with Gasteiger partial charge in [0.15, 0.2) is 0 Å². The molecule has 0 aliphatic carbocycles. The molecule has 0 bridgehead atoms. The Bertz CT molecular complexity index is 1210. The SMILES string of the molecule is CCCCCCCCCCCCCCCCCCCCCCCCCCCC=CC(=Nc1cc(C)cc(C)c1)C(CC)=Nc1cc(C)cc(C)c1. The largest absolute Gasteiger partial charge is 0.251 e. The van der Waals surface area contributed by atoms with Gasteiger partial charge in [-0.25, -0.2) is 4.99 Å². The Morgan fingerprint density at radius 1 is 0.412 bits per heavy atom. The van der Waals surface area contributed by atoms with Gasteiger partial charge in [-0.05, 0) is 99.6 Å². The lowest BCUT2D eigenvalue weighted by Crippen LogP contribution is -2.10. The average molecular weight is 697 g/mol. The molecule has 286 valence electrons. The van der Waals surface area contributed by atoms with Crippen molar-refractivity contribution in [1.82, 2.24) is 0 Å². The second-order valence-corrected chi connectivity index (χ2v) is 15.8. The van der Waals surface area contributed by atoms with Crippen molar-refractivity contribution in [2.75, 3.05) is 0 Å². The van der Waals surface area contributed by atoms with Gasteiger partial charge in [0, 0.05) is 0 Å². The van der Waals surface area contributed by atoms with E-state index in [2.05, 4.69) is 90.1 Å². The minimum atomic E-state index is 0.848. The zero-order valence-corrected chi connectivity index (χ0v) is 34.6. The summed E-state index contributed by atoms with van der Waals surface area (Å²) in [6.45, 7) is 13.1. The van der Waals surface area contributed by atoms with Gasteiger partial charge in [-0.15, -0.1) is 0 Å². The van der Waals surface area contributed by atoms with E-state index in [1.807, 2.05) is 0 Å². The summed E-state index contributed by atoms with van der Waals surface area (Å²) in [5, 5.41) is 0. The summed E-state index contributed by atoms with van der Waals surface area (Å²) in [7, 11) is 0. The van der Waals surface area contributed by atoms with Crippen LogP contribution in [0, 0.1) is 27.7 Å². The molecule has 0 amide bonds. The molecule has 0 saturated heterocycles. The predicted molar refractivity (Wildman–Crippen MR) is 231 cm³/mol. The fraction of sp³-hybridized carbons (Fsp3) is 0.673. The van der Waals surface area contributed by atoms with Crippen LogP contribution in [0.3, 0.4) is 0 Å². The van der Waals surface area contributed by atoms with Crippen LogP contribution < -0.4 is 0 Å². The third-order valence-corrected chi connectivity index (χ3v) is 10.3. The highest BCUT2D eigenvalue weighted by Crippen LogP contribution is 2.22. The lowest BCUT2D eigenvalue weighted by Gasteiger charge is -2.08. The average Bonchev–Trinajstić information content (AvgIpc) is 3.09. The van der Waals surface area contributed by atoms with E-state index in [1.54, 1.807) is 0 Å². The molecule has 0 fully saturated rings. The monoisotopic (exact) mass is 697 g/mol. The summed E-state index contributed by atoms with van der Waals surface area (Å²) in [4.78, 5) is 10.2. The third-order valence-electron chi connectivity index (χ3n) is 10.3. The van der Waals surface area contributed by atoms with Crippen molar-refractivity contribution in [3.63, 3.8) is 0 Å². The Labute approximate surface area is 317 Å². The summed E-state index contributed by atoms with van der Waals surface area (Å²) < 4.78 is 0. The maximum absolute atomic E-state index is 5.13. The van der Waals surface area contributed by atoms with Gasteiger partial charge in [0.05, 0.1) is 22.8 Å². The van der Waals surface area contributed by atoms with E-state index in [0.29, 0.717) is 0 Å². The van der Waals surface area contributed by atoms with E-state index < -0.39 is 0 Å². The smallest absolute Gasteiger partial charge is 0.0848 e. The lowest BCUT2D eigenvalue weighted by atomic mass is 10.0. The van der Waals surface area contributed by atoms with Gasteiger partial charge in [0.1, 0.15) is 0 Å². The number of hydrogen-bond acceptors (Lipinski definition) is 2.